The summed E-state index contributed by atoms with van der Waals surface area (Å²) in [6.07, 6.45) is 11.0. The summed E-state index contributed by atoms with van der Waals surface area (Å²) in [6.45, 7) is 1.68. The minimum absolute atomic E-state index is 0.00407. The van der Waals surface area contributed by atoms with Gasteiger partial charge in [0.25, 0.3) is 0 Å². The van der Waals surface area contributed by atoms with Gasteiger partial charge in [0.15, 0.2) is 0 Å². The number of aliphatic hydroxyl groups excluding tert-OH is 1. The molecule has 2 heterocycles. The van der Waals surface area contributed by atoms with Crippen molar-refractivity contribution in [1.82, 2.24) is 9.88 Å². The van der Waals surface area contributed by atoms with Crippen molar-refractivity contribution in [2.24, 2.45) is 5.92 Å². The van der Waals surface area contributed by atoms with Crippen molar-refractivity contribution in [3.8, 4) is 5.75 Å². The second kappa shape index (κ2) is 10.4. The number of ether oxygens (including phenoxy) is 2. The van der Waals surface area contributed by atoms with Gasteiger partial charge in [0.05, 0.1) is 18.6 Å². The molecule has 2 N–H and O–H groups in total. The summed E-state index contributed by atoms with van der Waals surface area (Å²) >= 11 is 6.43. The molecule has 0 spiro atoms. The van der Waals surface area contributed by atoms with Crippen molar-refractivity contribution in [3.63, 3.8) is 0 Å². The first kappa shape index (κ1) is 23.3. The summed E-state index contributed by atoms with van der Waals surface area (Å²) in [5.74, 6) is 1.24. The summed E-state index contributed by atoms with van der Waals surface area (Å²) in [4.78, 5) is 18.8. The topological polar surface area (TPSA) is 74.8 Å². The molecule has 1 saturated carbocycles. The predicted octanol–water partition coefficient (Wildman–Crippen LogP) is 3.62. The maximum Gasteiger partial charge on any atom is 0.410 e. The first-order valence-electron chi connectivity index (χ1n) is 12.5. The number of amides is 1. The Bertz CT molecular complexity index is 1120. The highest BCUT2D eigenvalue weighted by Crippen LogP contribution is 2.34. The van der Waals surface area contributed by atoms with Crippen LogP contribution in [-0.2, 0) is 11.2 Å². The number of halogens is 1. The zero-order valence-corrected chi connectivity index (χ0v) is 20.2. The molecule has 1 amide bonds. The number of hydrogen-bond donors (Lipinski definition) is 2. The van der Waals surface area contributed by atoms with Gasteiger partial charge in [0, 0.05) is 35.8 Å². The number of nitrogens with zero attached hydrogens (tertiary/aromatic N) is 1. The summed E-state index contributed by atoms with van der Waals surface area (Å²) in [6, 6.07) is 7.64. The van der Waals surface area contributed by atoms with Crippen LogP contribution in [0.2, 0.25) is 0 Å². The summed E-state index contributed by atoms with van der Waals surface area (Å²) in [5.41, 5.74) is 3.29. The molecule has 34 heavy (non-hydrogen) atoms. The summed E-state index contributed by atoms with van der Waals surface area (Å²) < 4.78 is 11.5. The largest absolute Gasteiger partial charge is 0.494 e. The number of nitrogens with one attached hydrogen (secondary N) is 1. The van der Waals surface area contributed by atoms with Gasteiger partial charge in [-0.15, -0.1) is 11.6 Å². The standard InChI is InChI=1S/C27H33ClN2O4/c28-20-8-11-24-23(16-20)22-12-13-30(27(32)34-17-18-4-1-2-5-18)26(25(22)29-24)19-6-9-21(10-7-19)33-15-3-14-31/h6-7,9-11,16,18,20,26,29,31H,1-5,8,12-15,17H2/t20?,26-/m0/s1. The molecule has 0 radical (unpaired) electrons. The van der Waals surface area contributed by atoms with E-state index in [1.807, 2.05) is 29.2 Å². The van der Waals surface area contributed by atoms with E-state index < -0.39 is 0 Å². The Morgan fingerprint density at radius 3 is 2.76 bits per heavy atom. The van der Waals surface area contributed by atoms with Crippen molar-refractivity contribution in [1.29, 1.82) is 0 Å². The Morgan fingerprint density at radius 1 is 1.21 bits per heavy atom. The highest BCUT2D eigenvalue weighted by atomic mass is 35.5. The van der Waals surface area contributed by atoms with Crippen molar-refractivity contribution in [2.45, 2.75) is 56.4 Å². The number of aromatic nitrogens is 1. The molecule has 2 atom stereocenters. The molecule has 1 fully saturated rings. The van der Waals surface area contributed by atoms with Gasteiger partial charge in [-0.1, -0.05) is 37.1 Å². The van der Waals surface area contributed by atoms with Gasteiger partial charge in [0.1, 0.15) is 11.8 Å². The first-order valence-corrected chi connectivity index (χ1v) is 12.9. The van der Waals surface area contributed by atoms with E-state index in [1.54, 1.807) is 0 Å². The fraction of sp³-hybridized carbons (Fsp3) is 0.519. The van der Waals surface area contributed by atoms with Crippen LogP contribution in [0.3, 0.4) is 0 Å². The molecule has 1 aromatic heterocycles. The Labute approximate surface area is 205 Å². The third-order valence-electron chi connectivity index (χ3n) is 7.21. The van der Waals surface area contributed by atoms with E-state index in [9.17, 15) is 4.79 Å². The molecule has 7 heteroatoms. The van der Waals surface area contributed by atoms with Crippen molar-refractivity contribution >= 4 is 29.8 Å². The van der Waals surface area contributed by atoms with Crippen LogP contribution in [0.5, 0.6) is 5.75 Å². The average Bonchev–Trinajstić information content (AvgIpc) is 3.50. The number of aliphatic hydroxyl groups is 1. The molecule has 3 aliphatic rings. The average molecular weight is 485 g/mol. The van der Waals surface area contributed by atoms with Gasteiger partial charge in [-0.2, -0.15) is 0 Å². The van der Waals surface area contributed by atoms with Gasteiger partial charge >= 0.3 is 6.09 Å². The first-order chi connectivity index (χ1) is 16.6. The molecule has 1 aromatic carbocycles. The number of H-pyrrole nitrogens is 1. The predicted molar refractivity (Wildman–Crippen MR) is 132 cm³/mol. The number of fused-ring (bicyclic) bond motifs is 3. The van der Waals surface area contributed by atoms with E-state index in [0.717, 1.165) is 48.0 Å². The fourth-order valence-electron chi connectivity index (χ4n) is 5.44. The van der Waals surface area contributed by atoms with Crippen LogP contribution in [0.25, 0.3) is 12.2 Å². The van der Waals surface area contributed by atoms with Crippen LogP contribution >= 0.6 is 11.6 Å². The number of carbonyl (C=O) groups is 1. The van der Waals surface area contributed by atoms with Crippen LogP contribution < -0.4 is 15.3 Å². The summed E-state index contributed by atoms with van der Waals surface area (Å²) in [5, 5.41) is 11.3. The van der Waals surface area contributed by atoms with E-state index in [0.29, 0.717) is 32.1 Å². The molecular weight excluding hydrogens is 452 g/mol. The lowest BCUT2D eigenvalue weighted by Gasteiger charge is -2.35. The lowest BCUT2D eigenvalue weighted by atomic mass is 9.92. The number of rotatable bonds is 7. The Kier molecular flexibility index (Phi) is 7.16. The molecular formula is C27H33ClN2O4. The van der Waals surface area contributed by atoms with Crippen LogP contribution in [0, 0.1) is 5.92 Å². The van der Waals surface area contributed by atoms with Gasteiger partial charge in [-0.05, 0) is 54.9 Å². The number of carbonyl (C=O) groups excluding carboxylic acids is 1. The molecule has 1 unspecified atom stereocenters. The molecule has 2 aliphatic carbocycles. The maximum absolute atomic E-state index is 13.3. The second-order valence-corrected chi connectivity index (χ2v) is 10.1. The van der Waals surface area contributed by atoms with E-state index in [1.165, 1.54) is 23.6 Å². The minimum atomic E-state index is -0.257. The van der Waals surface area contributed by atoms with Crippen LogP contribution in [0.15, 0.2) is 24.3 Å². The van der Waals surface area contributed by atoms with Crippen LogP contribution in [-0.4, -0.2) is 52.8 Å². The van der Waals surface area contributed by atoms with E-state index >= 15 is 0 Å². The third-order valence-corrected chi connectivity index (χ3v) is 7.52. The minimum Gasteiger partial charge on any atom is -0.494 e. The molecule has 2 aromatic rings. The quantitative estimate of drug-likeness (QED) is 0.465. The third kappa shape index (κ3) is 4.84. The number of alkyl halides is 1. The van der Waals surface area contributed by atoms with Gasteiger partial charge in [-0.3, -0.25) is 4.90 Å². The van der Waals surface area contributed by atoms with Gasteiger partial charge < -0.3 is 19.6 Å². The lowest BCUT2D eigenvalue weighted by molar-refractivity contribution is 0.0762. The second-order valence-electron chi connectivity index (χ2n) is 9.54. The van der Waals surface area contributed by atoms with Crippen LogP contribution in [0.1, 0.15) is 61.4 Å². The Morgan fingerprint density at radius 2 is 2.00 bits per heavy atom. The van der Waals surface area contributed by atoms with E-state index in [2.05, 4.69) is 17.1 Å². The zero-order chi connectivity index (χ0) is 23.5. The number of aromatic amines is 1. The molecule has 5 rings (SSSR count). The SMILES string of the molecule is O=C(OCC1CCCC1)N1CCc2c([nH]c3c2=CC(Cl)CC=3)[C@@H]1c1ccc(OCCCO)cc1. The monoisotopic (exact) mass is 484 g/mol. The Balaban J connectivity index is 1.45. The van der Waals surface area contributed by atoms with E-state index in [4.69, 9.17) is 26.2 Å². The normalized spacial score (nSPS) is 21.9. The highest BCUT2D eigenvalue weighted by Gasteiger charge is 2.35. The maximum atomic E-state index is 13.3. The highest BCUT2D eigenvalue weighted by molar-refractivity contribution is 6.24. The zero-order valence-electron chi connectivity index (χ0n) is 19.5. The molecule has 0 saturated heterocycles. The van der Waals surface area contributed by atoms with Crippen molar-refractivity contribution in [2.75, 3.05) is 26.4 Å². The van der Waals surface area contributed by atoms with Crippen molar-refractivity contribution < 1.29 is 19.4 Å². The molecule has 182 valence electrons. The lowest BCUT2D eigenvalue weighted by Crippen LogP contribution is -2.42. The molecule has 1 aliphatic heterocycles. The number of hydrogen-bond acceptors (Lipinski definition) is 4. The number of benzene rings is 1. The molecule has 0 bridgehead atoms. The molecule has 6 nitrogen and oxygen atoms in total. The fourth-order valence-corrected chi connectivity index (χ4v) is 5.65. The summed E-state index contributed by atoms with van der Waals surface area (Å²) in [7, 11) is 0. The van der Waals surface area contributed by atoms with E-state index in [-0.39, 0.29) is 24.1 Å². The Hall–Kier alpha value is -2.44. The smallest absolute Gasteiger partial charge is 0.410 e. The van der Waals surface area contributed by atoms with Crippen LogP contribution in [0.4, 0.5) is 4.79 Å². The van der Waals surface area contributed by atoms with Crippen molar-refractivity contribution in [3.05, 3.63) is 51.7 Å². The van der Waals surface area contributed by atoms with Gasteiger partial charge in [0.2, 0.25) is 0 Å². The van der Waals surface area contributed by atoms with Gasteiger partial charge in [-0.25, -0.2) is 4.79 Å².